The number of carbonyl (C=O) groups excluding carboxylic acids is 2. The predicted octanol–water partition coefficient (Wildman–Crippen LogP) is 3.29. The minimum Gasteiger partial charge on any atom is -0.496 e. The van der Waals surface area contributed by atoms with Gasteiger partial charge < -0.3 is 15.0 Å². The zero-order valence-corrected chi connectivity index (χ0v) is 15.6. The Morgan fingerprint density at radius 2 is 1.69 bits per heavy atom. The number of nitrogens with one attached hydrogen (secondary N) is 1. The van der Waals surface area contributed by atoms with Crippen LogP contribution in [0.1, 0.15) is 24.5 Å². The SMILES string of the molecule is CCc1ccccc1NC(=O)CN(C)C(=O)CCc1ccccc1OC. The lowest BCUT2D eigenvalue weighted by atomic mass is 10.1. The molecule has 5 nitrogen and oxygen atoms in total. The quantitative estimate of drug-likeness (QED) is 0.791. The molecule has 0 fully saturated rings. The first kappa shape index (κ1) is 19.5. The second kappa shape index (κ2) is 9.61. The van der Waals surface area contributed by atoms with Crippen LogP contribution in [0.2, 0.25) is 0 Å². The van der Waals surface area contributed by atoms with Crippen molar-refractivity contribution in [2.45, 2.75) is 26.2 Å². The Morgan fingerprint density at radius 3 is 2.38 bits per heavy atom. The number of benzene rings is 2. The fourth-order valence-corrected chi connectivity index (χ4v) is 2.79. The Hall–Kier alpha value is -2.82. The summed E-state index contributed by atoms with van der Waals surface area (Å²) in [5.41, 5.74) is 2.86. The van der Waals surface area contributed by atoms with E-state index in [0.29, 0.717) is 12.8 Å². The van der Waals surface area contributed by atoms with Gasteiger partial charge in [-0.2, -0.15) is 0 Å². The summed E-state index contributed by atoms with van der Waals surface area (Å²) in [6, 6.07) is 15.3. The second-order valence-electron chi connectivity index (χ2n) is 6.12. The zero-order chi connectivity index (χ0) is 18.9. The molecule has 0 aromatic heterocycles. The topological polar surface area (TPSA) is 58.6 Å². The first-order valence-corrected chi connectivity index (χ1v) is 8.78. The Labute approximate surface area is 155 Å². The van der Waals surface area contributed by atoms with Crippen LogP contribution in [0, 0.1) is 0 Å². The van der Waals surface area contributed by atoms with E-state index in [-0.39, 0.29) is 18.4 Å². The van der Waals surface area contributed by atoms with Crippen LogP contribution in [0.5, 0.6) is 5.75 Å². The van der Waals surface area contributed by atoms with Crippen molar-refractivity contribution in [2.75, 3.05) is 26.0 Å². The van der Waals surface area contributed by atoms with Crippen molar-refractivity contribution >= 4 is 17.5 Å². The molecule has 0 aliphatic rings. The molecule has 2 rings (SSSR count). The van der Waals surface area contributed by atoms with Gasteiger partial charge in [-0.05, 0) is 36.1 Å². The highest BCUT2D eigenvalue weighted by atomic mass is 16.5. The normalized spacial score (nSPS) is 10.3. The molecule has 2 aromatic rings. The van der Waals surface area contributed by atoms with Crippen LogP contribution in [0.25, 0.3) is 0 Å². The molecule has 2 aromatic carbocycles. The molecular weight excluding hydrogens is 328 g/mol. The second-order valence-corrected chi connectivity index (χ2v) is 6.12. The summed E-state index contributed by atoms with van der Waals surface area (Å²) in [6.45, 7) is 2.07. The van der Waals surface area contributed by atoms with E-state index < -0.39 is 0 Å². The number of carbonyl (C=O) groups is 2. The van der Waals surface area contributed by atoms with Gasteiger partial charge in [0.15, 0.2) is 0 Å². The molecule has 2 amide bonds. The van der Waals surface area contributed by atoms with Crippen molar-refractivity contribution < 1.29 is 14.3 Å². The average Bonchev–Trinajstić information content (AvgIpc) is 2.66. The van der Waals surface area contributed by atoms with Gasteiger partial charge in [0.1, 0.15) is 5.75 Å². The summed E-state index contributed by atoms with van der Waals surface area (Å²) in [6.07, 6.45) is 1.74. The third kappa shape index (κ3) is 5.34. The Bertz CT molecular complexity index is 758. The number of hydrogen-bond donors (Lipinski definition) is 1. The number of nitrogens with zero attached hydrogens (tertiary/aromatic N) is 1. The number of rotatable bonds is 8. The Kier molecular flexibility index (Phi) is 7.21. The van der Waals surface area contributed by atoms with Crippen molar-refractivity contribution in [3.05, 3.63) is 59.7 Å². The lowest BCUT2D eigenvalue weighted by molar-refractivity contribution is -0.133. The molecular formula is C21H26N2O3. The lowest BCUT2D eigenvalue weighted by Gasteiger charge is -2.18. The van der Waals surface area contributed by atoms with Crippen molar-refractivity contribution in [1.29, 1.82) is 0 Å². The number of amides is 2. The maximum absolute atomic E-state index is 12.3. The van der Waals surface area contributed by atoms with Crippen molar-refractivity contribution in [3.8, 4) is 5.75 Å². The van der Waals surface area contributed by atoms with Crippen molar-refractivity contribution in [3.63, 3.8) is 0 Å². The molecule has 0 radical (unpaired) electrons. The third-order valence-electron chi connectivity index (χ3n) is 4.28. The highest BCUT2D eigenvalue weighted by Crippen LogP contribution is 2.19. The molecule has 0 aliphatic carbocycles. The standard InChI is InChI=1S/C21H26N2O3/c1-4-16-9-5-7-11-18(16)22-20(24)15-23(2)21(25)14-13-17-10-6-8-12-19(17)26-3/h5-12H,4,13-15H2,1-3H3,(H,22,24). The number of anilines is 1. The molecule has 0 atom stereocenters. The number of hydrogen-bond acceptors (Lipinski definition) is 3. The van der Waals surface area contributed by atoms with Crippen LogP contribution >= 0.6 is 0 Å². The smallest absolute Gasteiger partial charge is 0.243 e. The fourth-order valence-electron chi connectivity index (χ4n) is 2.79. The minimum absolute atomic E-state index is 0.0306. The van der Waals surface area contributed by atoms with E-state index >= 15 is 0 Å². The fraction of sp³-hybridized carbons (Fsp3) is 0.333. The van der Waals surface area contributed by atoms with Gasteiger partial charge in [-0.1, -0.05) is 43.3 Å². The molecule has 1 N–H and O–H groups in total. The van der Waals surface area contributed by atoms with Gasteiger partial charge in [0.25, 0.3) is 0 Å². The molecule has 5 heteroatoms. The Morgan fingerprint density at radius 1 is 1.04 bits per heavy atom. The number of methoxy groups -OCH3 is 1. The van der Waals surface area contributed by atoms with Crippen LogP contribution in [0.15, 0.2) is 48.5 Å². The van der Waals surface area contributed by atoms with Crippen LogP contribution in [0.3, 0.4) is 0 Å². The lowest BCUT2D eigenvalue weighted by Crippen LogP contribution is -2.35. The maximum Gasteiger partial charge on any atom is 0.243 e. The molecule has 0 saturated carbocycles. The molecule has 0 heterocycles. The van der Waals surface area contributed by atoms with E-state index in [0.717, 1.165) is 29.0 Å². The average molecular weight is 354 g/mol. The van der Waals surface area contributed by atoms with Gasteiger partial charge in [-0.3, -0.25) is 9.59 Å². The van der Waals surface area contributed by atoms with Crippen LogP contribution in [-0.4, -0.2) is 37.4 Å². The monoisotopic (exact) mass is 354 g/mol. The number of ether oxygens (including phenoxy) is 1. The van der Waals surface area contributed by atoms with Gasteiger partial charge in [0, 0.05) is 19.2 Å². The minimum atomic E-state index is -0.195. The van der Waals surface area contributed by atoms with Gasteiger partial charge in [0.05, 0.1) is 13.7 Å². The molecule has 138 valence electrons. The summed E-state index contributed by atoms with van der Waals surface area (Å²) in [7, 11) is 3.27. The van der Waals surface area contributed by atoms with Crippen LogP contribution in [-0.2, 0) is 22.4 Å². The first-order chi connectivity index (χ1) is 12.5. The van der Waals surface area contributed by atoms with E-state index in [2.05, 4.69) is 5.32 Å². The highest BCUT2D eigenvalue weighted by Gasteiger charge is 2.14. The molecule has 26 heavy (non-hydrogen) atoms. The van der Waals surface area contributed by atoms with Gasteiger partial charge >= 0.3 is 0 Å². The van der Waals surface area contributed by atoms with Crippen LogP contribution in [0.4, 0.5) is 5.69 Å². The van der Waals surface area contributed by atoms with E-state index in [1.807, 2.05) is 55.5 Å². The summed E-state index contributed by atoms with van der Waals surface area (Å²) < 4.78 is 5.30. The molecule has 0 aliphatic heterocycles. The van der Waals surface area contributed by atoms with Crippen molar-refractivity contribution in [2.24, 2.45) is 0 Å². The van der Waals surface area contributed by atoms with E-state index in [1.54, 1.807) is 14.2 Å². The molecule has 0 spiro atoms. The van der Waals surface area contributed by atoms with E-state index in [1.165, 1.54) is 4.90 Å². The molecule has 0 saturated heterocycles. The zero-order valence-electron chi connectivity index (χ0n) is 15.6. The van der Waals surface area contributed by atoms with Gasteiger partial charge in [0.2, 0.25) is 11.8 Å². The Balaban J connectivity index is 1.87. The highest BCUT2D eigenvalue weighted by molar-refractivity contribution is 5.95. The number of para-hydroxylation sites is 2. The summed E-state index contributed by atoms with van der Waals surface area (Å²) >= 11 is 0. The van der Waals surface area contributed by atoms with Crippen LogP contribution < -0.4 is 10.1 Å². The summed E-state index contributed by atoms with van der Waals surface area (Å²) in [5.74, 6) is 0.505. The predicted molar refractivity (Wildman–Crippen MR) is 103 cm³/mol. The van der Waals surface area contributed by atoms with Gasteiger partial charge in [-0.15, -0.1) is 0 Å². The third-order valence-corrected chi connectivity index (χ3v) is 4.28. The summed E-state index contributed by atoms with van der Waals surface area (Å²) in [4.78, 5) is 26.0. The van der Waals surface area contributed by atoms with Crippen molar-refractivity contribution in [1.82, 2.24) is 4.90 Å². The summed E-state index contributed by atoms with van der Waals surface area (Å²) in [5, 5.41) is 2.89. The van der Waals surface area contributed by atoms with Gasteiger partial charge in [-0.25, -0.2) is 0 Å². The molecule has 0 unspecified atom stereocenters. The number of likely N-dealkylation sites (N-methyl/N-ethyl adjacent to an activating group) is 1. The van der Waals surface area contributed by atoms with E-state index in [9.17, 15) is 9.59 Å². The number of aryl methyl sites for hydroxylation is 2. The molecule has 0 bridgehead atoms. The van der Waals surface area contributed by atoms with E-state index in [4.69, 9.17) is 4.74 Å². The largest absolute Gasteiger partial charge is 0.496 e. The first-order valence-electron chi connectivity index (χ1n) is 8.78. The maximum atomic E-state index is 12.3.